The number of rotatable bonds is 5. The molecule has 0 bridgehead atoms. The standard InChI is InChI=1S/C13H20ClNO/c1-4-13(3,9-16)15-8-11-5-6-12(14)10(2)7-11/h5-7,15-16H,4,8-9H2,1-3H3. The largest absolute Gasteiger partial charge is 0.394 e. The van der Waals surface area contributed by atoms with Crippen LogP contribution in [-0.4, -0.2) is 17.3 Å². The maximum atomic E-state index is 9.28. The summed E-state index contributed by atoms with van der Waals surface area (Å²) in [7, 11) is 0. The molecule has 2 nitrogen and oxygen atoms in total. The van der Waals surface area contributed by atoms with Gasteiger partial charge in [0.2, 0.25) is 0 Å². The Kier molecular flexibility index (Phi) is 4.78. The first kappa shape index (κ1) is 13.5. The number of aliphatic hydroxyl groups excluding tert-OH is 1. The van der Waals surface area contributed by atoms with Gasteiger partial charge < -0.3 is 10.4 Å². The van der Waals surface area contributed by atoms with E-state index in [-0.39, 0.29) is 12.1 Å². The van der Waals surface area contributed by atoms with Crippen LogP contribution in [0, 0.1) is 6.92 Å². The third-order valence-electron chi connectivity index (χ3n) is 3.07. The summed E-state index contributed by atoms with van der Waals surface area (Å²) in [5.41, 5.74) is 2.08. The van der Waals surface area contributed by atoms with E-state index in [1.807, 2.05) is 26.0 Å². The molecule has 0 aromatic heterocycles. The molecule has 0 saturated heterocycles. The molecule has 1 atom stereocenters. The lowest BCUT2D eigenvalue weighted by Crippen LogP contribution is -2.44. The molecule has 1 aromatic rings. The summed E-state index contributed by atoms with van der Waals surface area (Å²) in [4.78, 5) is 0. The Morgan fingerprint density at radius 1 is 1.44 bits per heavy atom. The second-order valence-electron chi connectivity index (χ2n) is 4.51. The van der Waals surface area contributed by atoms with E-state index in [2.05, 4.69) is 18.3 Å². The summed E-state index contributed by atoms with van der Waals surface area (Å²) in [6.45, 7) is 6.99. The molecule has 1 unspecified atom stereocenters. The van der Waals surface area contributed by atoms with E-state index in [0.29, 0.717) is 0 Å². The van der Waals surface area contributed by atoms with Crippen molar-refractivity contribution in [2.24, 2.45) is 0 Å². The van der Waals surface area contributed by atoms with Gasteiger partial charge in [-0.25, -0.2) is 0 Å². The summed E-state index contributed by atoms with van der Waals surface area (Å²) in [6, 6.07) is 5.99. The third-order valence-corrected chi connectivity index (χ3v) is 3.50. The summed E-state index contributed by atoms with van der Waals surface area (Å²) >= 11 is 5.96. The van der Waals surface area contributed by atoms with Crippen molar-refractivity contribution in [3.05, 3.63) is 34.3 Å². The van der Waals surface area contributed by atoms with Gasteiger partial charge in [-0.15, -0.1) is 0 Å². The maximum absolute atomic E-state index is 9.28. The first-order chi connectivity index (χ1) is 7.50. The zero-order valence-electron chi connectivity index (χ0n) is 10.2. The Hall–Kier alpha value is -0.570. The van der Waals surface area contributed by atoms with Gasteiger partial charge in [0, 0.05) is 17.1 Å². The fourth-order valence-corrected chi connectivity index (χ4v) is 1.54. The average molecular weight is 242 g/mol. The maximum Gasteiger partial charge on any atom is 0.0610 e. The molecule has 0 fully saturated rings. The molecule has 0 aliphatic rings. The monoisotopic (exact) mass is 241 g/mol. The Morgan fingerprint density at radius 2 is 2.12 bits per heavy atom. The van der Waals surface area contributed by atoms with Crippen LogP contribution in [0.5, 0.6) is 0 Å². The molecule has 0 spiro atoms. The first-order valence-electron chi connectivity index (χ1n) is 5.61. The van der Waals surface area contributed by atoms with Gasteiger partial charge in [0.25, 0.3) is 0 Å². The first-order valence-corrected chi connectivity index (χ1v) is 5.99. The summed E-state index contributed by atoms with van der Waals surface area (Å²) in [6.07, 6.45) is 0.899. The van der Waals surface area contributed by atoms with Crippen LogP contribution < -0.4 is 5.32 Å². The van der Waals surface area contributed by atoms with Crippen LogP contribution in [0.3, 0.4) is 0 Å². The molecule has 1 aromatic carbocycles. The lowest BCUT2D eigenvalue weighted by molar-refractivity contribution is 0.169. The molecule has 0 radical (unpaired) electrons. The van der Waals surface area contributed by atoms with E-state index in [9.17, 15) is 5.11 Å². The topological polar surface area (TPSA) is 32.3 Å². The van der Waals surface area contributed by atoms with E-state index < -0.39 is 0 Å². The highest BCUT2D eigenvalue weighted by Gasteiger charge is 2.19. The molecular formula is C13H20ClNO. The Bertz CT molecular complexity index is 348. The quantitative estimate of drug-likeness (QED) is 0.831. The predicted molar refractivity (Wildman–Crippen MR) is 68.8 cm³/mol. The number of hydrogen-bond acceptors (Lipinski definition) is 2. The number of hydrogen-bond donors (Lipinski definition) is 2. The molecule has 90 valence electrons. The van der Waals surface area contributed by atoms with Crippen LogP contribution in [0.1, 0.15) is 31.4 Å². The normalized spacial score (nSPS) is 14.8. The van der Waals surface area contributed by atoms with E-state index >= 15 is 0 Å². The van der Waals surface area contributed by atoms with Crippen molar-refractivity contribution in [1.29, 1.82) is 0 Å². The van der Waals surface area contributed by atoms with Gasteiger partial charge >= 0.3 is 0 Å². The second kappa shape index (κ2) is 5.67. The van der Waals surface area contributed by atoms with Crippen LogP contribution in [0.15, 0.2) is 18.2 Å². The predicted octanol–water partition coefficient (Wildman–Crippen LogP) is 2.90. The Labute approximate surface area is 103 Å². The highest BCUT2D eigenvalue weighted by atomic mass is 35.5. The summed E-state index contributed by atoms with van der Waals surface area (Å²) in [5, 5.41) is 13.4. The number of aliphatic hydroxyl groups is 1. The van der Waals surface area contributed by atoms with Crippen molar-refractivity contribution in [3.8, 4) is 0 Å². The van der Waals surface area contributed by atoms with Gasteiger partial charge in [-0.3, -0.25) is 0 Å². The van der Waals surface area contributed by atoms with E-state index in [4.69, 9.17) is 11.6 Å². The molecule has 1 rings (SSSR count). The van der Waals surface area contributed by atoms with Crippen LogP contribution in [0.4, 0.5) is 0 Å². The molecule has 0 amide bonds. The van der Waals surface area contributed by atoms with Crippen molar-refractivity contribution >= 4 is 11.6 Å². The van der Waals surface area contributed by atoms with Crippen LogP contribution in [0.2, 0.25) is 5.02 Å². The van der Waals surface area contributed by atoms with Gasteiger partial charge in [0.1, 0.15) is 0 Å². The van der Waals surface area contributed by atoms with Gasteiger partial charge in [-0.1, -0.05) is 30.7 Å². The molecule has 3 heteroatoms. The van der Waals surface area contributed by atoms with Crippen LogP contribution >= 0.6 is 11.6 Å². The molecular weight excluding hydrogens is 222 g/mol. The highest BCUT2D eigenvalue weighted by molar-refractivity contribution is 6.31. The van der Waals surface area contributed by atoms with E-state index in [1.165, 1.54) is 5.56 Å². The van der Waals surface area contributed by atoms with Gasteiger partial charge in [-0.05, 0) is 37.5 Å². The Morgan fingerprint density at radius 3 is 2.62 bits per heavy atom. The SMILES string of the molecule is CCC(C)(CO)NCc1ccc(Cl)c(C)c1. The number of halogens is 1. The average Bonchev–Trinajstić information content (AvgIpc) is 2.30. The minimum absolute atomic E-state index is 0.149. The number of aryl methyl sites for hydroxylation is 1. The van der Waals surface area contributed by atoms with E-state index in [0.717, 1.165) is 23.6 Å². The zero-order chi connectivity index (χ0) is 12.2. The second-order valence-corrected chi connectivity index (χ2v) is 4.92. The number of benzene rings is 1. The summed E-state index contributed by atoms with van der Waals surface area (Å²) < 4.78 is 0. The zero-order valence-corrected chi connectivity index (χ0v) is 10.9. The minimum Gasteiger partial charge on any atom is -0.394 e. The molecule has 0 aliphatic heterocycles. The lowest BCUT2D eigenvalue weighted by Gasteiger charge is -2.27. The van der Waals surface area contributed by atoms with Gasteiger partial charge in [0.15, 0.2) is 0 Å². The fraction of sp³-hybridized carbons (Fsp3) is 0.538. The molecule has 0 heterocycles. The molecule has 0 aliphatic carbocycles. The Balaban J connectivity index is 2.64. The van der Waals surface area contributed by atoms with Crippen molar-refractivity contribution in [2.45, 2.75) is 39.3 Å². The van der Waals surface area contributed by atoms with Crippen molar-refractivity contribution in [1.82, 2.24) is 5.32 Å². The fourth-order valence-electron chi connectivity index (χ4n) is 1.42. The molecule has 2 N–H and O–H groups in total. The molecule has 16 heavy (non-hydrogen) atoms. The third kappa shape index (κ3) is 3.48. The van der Waals surface area contributed by atoms with Gasteiger partial charge in [-0.2, -0.15) is 0 Å². The lowest BCUT2D eigenvalue weighted by atomic mass is 9.99. The molecule has 0 saturated carbocycles. The minimum atomic E-state index is -0.201. The van der Waals surface area contributed by atoms with Crippen LogP contribution in [-0.2, 0) is 6.54 Å². The van der Waals surface area contributed by atoms with Crippen LogP contribution in [0.25, 0.3) is 0 Å². The van der Waals surface area contributed by atoms with E-state index in [1.54, 1.807) is 0 Å². The van der Waals surface area contributed by atoms with Crippen molar-refractivity contribution in [3.63, 3.8) is 0 Å². The van der Waals surface area contributed by atoms with Crippen molar-refractivity contribution < 1.29 is 5.11 Å². The van der Waals surface area contributed by atoms with Crippen molar-refractivity contribution in [2.75, 3.05) is 6.61 Å². The van der Waals surface area contributed by atoms with Gasteiger partial charge in [0.05, 0.1) is 6.61 Å². The smallest absolute Gasteiger partial charge is 0.0610 e. The highest BCUT2D eigenvalue weighted by Crippen LogP contribution is 2.17. The summed E-state index contributed by atoms with van der Waals surface area (Å²) in [5.74, 6) is 0. The number of nitrogens with one attached hydrogen (secondary N) is 1.